The number of rotatable bonds is 8. The SMILES string of the molecule is CCC(C)C(C(=O)NC(C)CCCO)c1ccccc1. The summed E-state index contributed by atoms with van der Waals surface area (Å²) in [6.07, 6.45) is 2.50. The second-order valence-electron chi connectivity index (χ2n) is 5.55. The fourth-order valence-corrected chi connectivity index (χ4v) is 2.44. The first-order chi connectivity index (χ1) is 9.60. The van der Waals surface area contributed by atoms with Gasteiger partial charge < -0.3 is 10.4 Å². The van der Waals surface area contributed by atoms with Crippen LogP contribution < -0.4 is 5.32 Å². The molecule has 0 saturated carbocycles. The van der Waals surface area contributed by atoms with Crippen molar-refractivity contribution in [2.45, 2.75) is 52.0 Å². The second-order valence-corrected chi connectivity index (χ2v) is 5.55. The number of nitrogens with one attached hydrogen (secondary N) is 1. The molecule has 0 aliphatic rings. The van der Waals surface area contributed by atoms with E-state index in [-0.39, 0.29) is 24.5 Å². The lowest BCUT2D eigenvalue weighted by Crippen LogP contribution is -2.38. The molecule has 0 heterocycles. The van der Waals surface area contributed by atoms with Crippen LogP contribution in [0.1, 0.15) is 51.5 Å². The van der Waals surface area contributed by atoms with Gasteiger partial charge in [-0.05, 0) is 31.2 Å². The predicted molar refractivity (Wildman–Crippen MR) is 82.6 cm³/mol. The molecule has 112 valence electrons. The lowest BCUT2D eigenvalue weighted by Gasteiger charge is -2.25. The topological polar surface area (TPSA) is 49.3 Å². The summed E-state index contributed by atoms with van der Waals surface area (Å²) in [4.78, 5) is 12.5. The third kappa shape index (κ3) is 4.97. The van der Waals surface area contributed by atoms with E-state index in [2.05, 4.69) is 19.2 Å². The fourth-order valence-electron chi connectivity index (χ4n) is 2.44. The summed E-state index contributed by atoms with van der Waals surface area (Å²) in [5, 5.41) is 11.9. The van der Waals surface area contributed by atoms with Crippen molar-refractivity contribution in [2.24, 2.45) is 5.92 Å². The highest BCUT2D eigenvalue weighted by molar-refractivity contribution is 5.84. The summed E-state index contributed by atoms with van der Waals surface area (Å²) in [7, 11) is 0. The minimum atomic E-state index is -0.0993. The number of carbonyl (C=O) groups is 1. The van der Waals surface area contributed by atoms with E-state index < -0.39 is 0 Å². The molecule has 0 fully saturated rings. The van der Waals surface area contributed by atoms with E-state index in [4.69, 9.17) is 5.11 Å². The molecule has 0 aromatic heterocycles. The highest BCUT2D eigenvalue weighted by Crippen LogP contribution is 2.27. The van der Waals surface area contributed by atoms with Crippen LogP contribution in [0.2, 0.25) is 0 Å². The number of amides is 1. The molecule has 0 aliphatic carbocycles. The van der Waals surface area contributed by atoms with Gasteiger partial charge in [-0.3, -0.25) is 4.79 Å². The van der Waals surface area contributed by atoms with Crippen LogP contribution in [0.15, 0.2) is 30.3 Å². The van der Waals surface area contributed by atoms with Gasteiger partial charge in [0.2, 0.25) is 5.91 Å². The highest BCUT2D eigenvalue weighted by Gasteiger charge is 2.26. The summed E-state index contributed by atoms with van der Waals surface area (Å²) in [6.45, 7) is 6.40. The first kappa shape index (κ1) is 16.7. The molecule has 20 heavy (non-hydrogen) atoms. The van der Waals surface area contributed by atoms with Gasteiger partial charge >= 0.3 is 0 Å². The molecule has 2 N–H and O–H groups in total. The Labute approximate surface area is 122 Å². The summed E-state index contributed by atoms with van der Waals surface area (Å²) >= 11 is 0. The second kappa shape index (κ2) is 8.75. The molecule has 0 aliphatic heterocycles. The van der Waals surface area contributed by atoms with E-state index in [1.54, 1.807) is 0 Å². The van der Waals surface area contributed by atoms with Crippen LogP contribution in [0.3, 0.4) is 0 Å². The minimum Gasteiger partial charge on any atom is -0.396 e. The normalized spacial score (nSPS) is 15.4. The molecule has 1 aromatic rings. The van der Waals surface area contributed by atoms with E-state index in [0.29, 0.717) is 5.92 Å². The van der Waals surface area contributed by atoms with Crippen molar-refractivity contribution < 1.29 is 9.90 Å². The molecule has 1 amide bonds. The van der Waals surface area contributed by atoms with E-state index in [1.165, 1.54) is 0 Å². The number of benzene rings is 1. The van der Waals surface area contributed by atoms with Gasteiger partial charge in [0.1, 0.15) is 0 Å². The Balaban J connectivity index is 2.76. The third-order valence-corrected chi connectivity index (χ3v) is 3.84. The lowest BCUT2D eigenvalue weighted by molar-refractivity contribution is -0.124. The standard InChI is InChI=1S/C17H27NO2/c1-4-13(2)16(15-10-6-5-7-11-15)17(20)18-14(3)9-8-12-19/h5-7,10-11,13-14,16,19H,4,8-9,12H2,1-3H3,(H,18,20). The Morgan fingerprint density at radius 1 is 1.25 bits per heavy atom. The zero-order chi connectivity index (χ0) is 15.0. The first-order valence-corrected chi connectivity index (χ1v) is 7.56. The maximum Gasteiger partial charge on any atom is 0.228 e. The Bertz CT molecular complexity index is 391. The highest BCUT2D eigenvalue weighted by atomic mass is 16.3. The number of aliphatic hydroxyl groups is 1. The van der Waals surface area contributed by atoms with Crippen LogP contribution in [-0.4, -0.2) is 23.7 Å². The van der Waals surface area contributed by atoms with Crippen LogP contribution >= 0.6 is 0 Å². The number of carbonyl (C=O) groups excluding carboxylic acids is 1. The molecule has 0 radical (unpaired) electrons. The van der Waals surface area contributed by atoms with E-state index in [9.17, 15) is 4.79 Å². The first-order valence-electron chi connectivity index (χ1n) is 7.56. The van der Waals surface area contributed by atoms with Gasteiger partial charge in [0, 0.05) is 12.6 Å². The van der Waals surface area contributed by atoms with Crippen molar-refractivity contribution in [3.8, 4) is 0 Å². The summed E-state index contributed by atoms with van der Waals surface area (Å²) in [5.41, 5.74) is 1.08. The quantitative estimate of drug-likeness (QED) is 0.767. The van der Waals surface area contributed by atoms with Crippen molar-refractivity contribution in [2.75, 3.05) is 6.61 Å². The Morgan fingerprint density at radius 2 is 1.90 bits per heavy atom. The maximum atomic E-state index is 12.5. The van der Waals surface area contributed by atoms with Gasteiger partial charge in [0.15, 0.2) is 0 Å². The molecule has 3 nitrogen and oxygen atoms in total. The zero-order valence-corrected chi connectivity index (χ0v) is 12.8. The summed E-state index contributed by atoms with van der Waals surface area (Å²) in [6, 6.07) is 10.1. The Hall–Kier alpha value is -1.35. The number of hydrogen-bond donors (Lipinski definition) is 2. The van der Waals surface area contributed by atoms with Crippen molar-refractivity contribution in [1.82, 2.24) is 5.32 Å². The van der Waals surface area contributed by atoms with E-state index in [1.807, 2.05) is 37.3 Å². The van der Waals surface area contributed by atoms with Gasteiger partial charge in [-0.15, -0.1) is 0 Å². The molecule has 3 unspecified atom stereocenters. The molecular weight excluding hydrogens is 250 g/mol. The van der Waals surface area contributed by atoms with Crippen molar-refractivity contribution >= 4 is 5.91 Å². The van der Waals surface area contributed by atoms with E-state index in [0.717, 1.165) is 24.8 Å². The average Bonchev–Trinajstić information content (AvgIpc) is 2.46. The van der Waals surface area contributed by atoms with Gasteiger partial charge in [0.25, 0.3) is 0 Å². The predicted octanol–water partition coefficient (Wildman–Crippen LogP) is 3.09. The van der Waals surface area contributed by atoms with Crippen LogP contribution in [0, 0.1) is 5.92 Å². The van der Waals surface area contributed by atoms with Gasteiger partial charge in [-0.2, -0.15) is 0 Å². The molecule has 3 heteroatoms. The molecule has 1 aromatic carbocycles. The summed E-state index contributed by atoms with van der Waals surface area (Å²) in [5.74, 6) is 0.302. The summed E-state index contributed by atoms with van der Waals surface area (Å²) < 4.78 is 0. The van der Waals surface area contributed by atoms with Gasteiger partial charge in [0.05, 0.1) is 5.92 Å². The van der Waals surface area contributed by atoms with Crippen LogP contribution in [0.25, 0.3) is 0 Å². The lowest BCUT2D eigenvalue weighted by atomic mass is 9.84. The molecule has 0 spiro atoms. The zero-order valence-electron chi connectivity index (χ0n) is 12.8. The molecule has 3 atom stereocenters. The maximum absolute atomic E-state index is 12.5. The van der Waals surface area contributed by atoms with Crippen molar-refractivity contribution in [1.29, 1.82) is 0 Å². The fraction of sp³-hybridized carbons (Fsp3) is 0.588. The third-order valence-electron chi connectivity index (χ3n) is 3.84. The molecule has 0 bridgehead atoms. The van der Waals surface area contributed by atoms with E-state index >= 15 is 0 Å². The van der Waals surface area contributed by atoms with Crippen LogP contribution in [0.5, 0.6) is 0 Å². The average molecular weight is 277 g/mol. The largest absolute Gasteiger partial charge is 0.396 e. The van der Waals surface area contributed by atoms with Gasteiger partial charge in [-0.25, -0.2) is 0 Å². The van der Waals surface area contributed by atoms with Crippen LogP contribution in [0.4, 0.5) is 0 Å². The minimum absolute atomic E-state index is 0.0935. The number of hydrogen-bond acceptors (Lipinski definition) is 2. The number of aliphatic hydroxyl groups excluding tert-OH is 1. The van der Waals surface area contributed by atoms with Crippen molar-refractivity contribution in [3.05, 3.63) is 35.9 Å². The Kier molecular flexibility index (Phi) is 7.31. The van der Waals surface area contributed by atoms with Crippen molar-refractivity contribution in [3.63, 3.8) is 0 Å². The molecule has 1 rings (SSSR count). The monoisotopic (exact) mass is 277 g/mol. The Morgan fingerprint density at radius 3 is 2.45 bits per heavy atom. The van der Waals surface area contributed by atoms with Gasteiger partial charge in [-0.1, -0.05) is 50.6 Å². The molecule has 0 saturated heterocycles. The molecular formula is C17H27NO2. The smallest absolute Gasteiger partial charge is 0.228 e. The van der Waals surface area contributed by atoms with Crippen LogP contribution in [-0.2, 0) is 4.79 Å².